The van der Waals surface area contributed by atoms with Crippen LogP contribution < -0.4 is 5.32 Å². The van der Waals surface area contributed by atoms with Crippen LogP contribution in [0.2, 0.25) is 0 Å². The third-order valence-corrected chi connectivity index (χ3v) is 5.63. The standard InChI is InChI=1S/C25H24N6O2/c1-17-11-18(2)23-20(12-17)13-21(24-27-28-29-31(23)24)15-30(16-22-9-6-10-33-22)25(32)26-14-19-7-4-3-5-8-19/h3-13H,14-16H2,1-2H3,(H,26,32). The summed E-state index contributed by atoms with van der Waals surface area (Å²) in [6, 6.07) is 19.6. The van der Waals surface area contributed by atoms with Crippen molar-refractivity contribution in [3.8, 4) is 0 Å². The van der Waals surface area contributed by atoms with Gasteiger partial charge in [-0.25, -0.2) is 4.79 Å². The number of furan rings is 1. The van der Waals surface area contributed by atoms with E-state index in [-0.39, 0.29) is 6.03 Å². The first-order valence-corrected chi connectivity index (χ1v) is 10.8. The van der Waals surface area contributed by atoms with E-state index in [1.54, 1.807) is 15.7 Å². The number of rotatable bonds is 6. The van der Waals surface area contributed by atoms with E-state index >= 15 is 0 Å². The van der Waals surface area contributed by atoms with Gasteiger partial charge in [-0.05, 0) is 59.7 Å². The van der Waals surface area contributed by atoms with E-state index in [1.165, 1.54) is 0 Å². The van der Waals surface area contributed by atoms with Gasteiger partial charge in [0.15, 0.2) is 5.65 Å². The first-order chi connectivity index (χ1) is 16.1. The lowest BCUT2D eigenvalue weighted by atomic mass is 10.0. The summed E-state index contributed by atoms with van der Waals surface area (Å²) in [6.07, 6.45) is 1.61. The summed E-state index contributed by atoms with van der Waals surface area (Å²) in [7, 11) is 0. The van der Waals surface area contributed by atoms with Crippen molar-refractivity contribution in [3.05, 3.63) is 94.9 Å². The predicted molar refractivity (Wildman–Crippen MR) is 124 cm³/mol. The molecule has 5 rings (SSSR count). The minimum atomic E-state index is -0.193. The van der Waals surface area contributed by atoms with Gasteiger partial charge in [-0.15, -0.1) is 5.10 Å². The summed E-state index contributed by atoms with van der Waals surface area (Å²) < 4.78 is 7.28. The zero-order valence-corrected chi connectivity index (χ0v) is 18.5. The molecular formula is C25H24N6O2. The Morgan fingerprint density at radius 3 is 2.70 bits per heavy atom. The Kier molecular flexibility index (Phi) is 5.48. The molecule has 1 N–H and O–H groups in total. The fourth-order valence-electron chi connectivity index (χ4n) is 4.18. The predicted octanol–water partition coefficient (Wildman–Crippen LogP) is 4.40. The second kappa shape index (κ2) is 8.74. The van der Waals surface area contributed by atoms with Gasteiger partial charge in [0.25, 0.3) is 0 Å². The molecule has 2 amide bonds. The van der Waals surface area contributed by atoms with Crippen molar-refractivity contribution in [3.63, 3.8) is 0 Å². The number of aromatic nitrogens is 4. The number of carbonyl (C=O) groups excluding carboxylic acids is 1. The Hall–Kier alpha value is -4.20. The molecule has 0 aliphatic carbocycles. The number of tetrazole rings is 1. The van der Waals surface area contributed by atoms with Crippen LogP contribution in [-0.2, 0) is 19.6 Å². The van der Waals surface area contributed by atoms with Crippen LogP contribution >= 0.6 is 0 Å². The lowest BCUT2D eigenvalue weighted by molar-refractivity contribution is 0.187. The summed E-state index contributed by atoms with van der Waals surface area (Å²) in [5.74, 6) is 0.702. The minimum Gasteiger partial charge on any atom is -0.467 e. The molecule has 0 unspecified atom stereocenters. The van der Waals surface area contributed by atoms with Crippen LogP contribution in [0.15, 0.2) is 71.3 Å². The first kappa shape index (κ1) is 20.7. The first-order valence-electron chi connectivity index (χ1n) is 10.8. The Balaban J connectivity index is 1.49. The molecular weight excluding hydrogens is 416 g/mol. The number of benzene rings is 2. The summed E-state index contributed by atoms with van der Waals surface area (Å²) in [5.41, 5.74) is 5.75. The molecule has 0 spiro atoms. The molecule has 3 heterocycles. The third-order valence-electron chi connectivity index (χ3n) is 5.63. The van der Waals surface area contributed by atoms with Gasteiger partial charge in [-0.3, -0.25) is 0 Å². The molecule has 166 valence electrons. The highest BCUT2D eigenvalue weighted by atomic mass is 16.3. The molecule has 0 fully saturated rings. The highest BCUT2D eigenvalue weighted by Crippen LogP contribution is 2.25. The van der Waals surface area contributed by atoms with Gasteiger partial charge in [-0.2, -0.15) is 4.52 Å². The number of amides is 2. The van der Waals surface area contributed by atoms with E-state index in [0.717, 1.165) is 33.2 Å². The molecule has 0 bridgehead atoms. The quantitative estimate of drug-likeness (QED) is 0.423. The molecule has 0 saturated heterocycles. The monoisotopic (exact) mass is 440 g/mol. The van der Waals surface area contributed by atoms with E-state index in [9.17, 15) is 4.79 Å². The van der Waals surface area contributed by atoms with Gasteiger partial charge in [-0.1, -0.05) is 42.0 Å². The molecule has 8 heteroatoms. The number of fused-ring (bicyclic) bond motifs is 3. The third kappa shape index (κ3) is 4.27. The maximum atomic E-state index is 13.2. The molecule has 0 saturated carbocycles. The van der Waals surface area contributed by atoms with Crippen LogP contribution in [0.3, 0.4) is 0 Å². The maximum Gasteiger partial charge on any atom is 0.318 e. The van der Waals surface area contributed by atoms with E-state index in [1.807, 2.05) is 42.5 Å². The molecule has 2 aromatic carbocycles. The molecule has 33 heavy (non-hydrogen) atoms. The number of nitrogens with one attached hydrogen (secondary N) is 1. The number of hydrogen-bond acceptors (Lipinski definition) is 5. The van der Waals surface area contributed by atoms with Crippen LogP contribution in [0.1, 0.15) is 28.0 Å². The molecule has 5 aromatic rings. The molecule has 0 aliphatic heterocycles. The molecule has 0 atom stereocenters. The average molecular weight is 441 g/mol. The van der Waals surface area contributed by atoms with Gasteiger partial charge in [0.1, 0.15) is 5.76 Å². The van der Waals surface area contributed by atoms with Crippen LogP contribution in [0.5, 0.6) is 0 Å². The van der Waals surface area contributed by atoms with Crippen LogP contribution in [0.4, 0.5) is 4.79 Å². The minimum absolute atomic E-state index is 0.193. The second-order valence-electron chi connectivity index (χ2n) is 8.18. The van der Waals surface area contributed by atoms with Crippen molar-refractivity contribution < 1.29 is 9.21 Å². The normalized spacial score (nSPS) is 11.2. The number of hydrogen-bond donors (Lipinski definition) is 1. The van der Waals surface area contributed by atoms with Crippen LogP contribution in [-0.4, -0.2) is 31.0 Å². The number of aryl methyl sites for hydroxylation is 2. The van der Waals surface area contributed by atoms with E-state index < -0.39 is 0 Å². The summed E-state index contributed by atoms with van der Waals surface area (Å²) in [5, 5.41) is 16.4. The van der Waals surface area contributed by atoms with Gasteiger partial charge in [0, 0.05) is 17.5 Å². The Morgan fingerprint density at radius 1 is 1.06 bits per heavy atom. The fourth-order valence-corrected chi connectivity index (χ4v) is 4.18. The van der Waals surface area contributed by atoms with Crippen molar-refractivity contribution in [1.29, 1.82) is 0 Å². The van der Waals surface area contributed by atoms with Crippen molar-refractivity contribution in [1.82, 2.24) is 30.3 Å². The van der Waals surface area contributed by atoms with Gasteiger partial charge in [0.2, 0.25) is 0 Å². The van der Waals surface area contributed by atoms with E-state index in [2.05, 4.69) is 52.9 Å². The second-order valence-corrected chi connectivity index (χ2v) is 8.18. The fraction of sp³-hybridized carbons (Fsp3) is 0.200. The number of urea groups is 1. The Labute approximate surface area is 190 Å². The number of nitrogens with zero attached hydrogens (tertiary/aromatic N) is 5. The molecule has 0 radical (unpaired) electrons. The lowest BCUT2D eigenvalue weighted by Crippen LogP contribution is -2.38. The number of pyridine rings is 1. The highest BCUT2D eigenvalue weighted by Gasteiger charge is 2.20. The molecule has 0 aliphatic rings. The summed E-state index contributed by atoms with van der Waals surface area (Å²) >= 11 is 0. The van der Waals surface area contributed by atoms with Gasteiger partial charge >= 0.3 is 6.03 Å². The van der Waals surface area contributed by atoms with Crippen molar-refractivity contribution >= 4 is 22.6 Å². The van der Waals surface area contributed by atoms with E-state index in [4.69, 9.17) is 4.42 Å². The zero-order valence-electron chi connectivity index (χ0n) is 18.5. The molecule has 3 aromatic heterocycles. The lowest BCUT2D eigenvalue weighted by Gasteiger charge is -2.23. The van der Waals surface area contributed by atoms with Crippen LogP contribution in [0, 0.1) is 13.8 Å². The Morgan fingerprint density at radius 2 is 1.91 bits per heavy atom. The van der Waals surface area contributed by atoms with E-state index in [0.29, 0.717) is 31.0 Å². The average Bonchev–Trinajstić information content (AvgIpc) is 3.49. The number of carbonyl (C=O) groups is 1. The SMILES string of the molecule is Cc1cc(C)c2c(c1)cc(CN(Cc1ccco1)C(=O)NCc1ccccc1)c1nnnn12. The highest BCUT2D eigenvalue weighted by molar-refractivity contribution is 5.86. The topological polar surface area (TPSA) is 88.6 Å². The summed E-state index contributed by atoms with van der Waals surface area (Å²) in [6.45, 7) is 5.21. The van der Waals surface area contributed by atoms with Crippen molar-refractivity contribution in [2.24, 2.45) is 0 Å². The van der Waals surface area contributed by atoms with Crippen molar-refractivity contribution in [2.45, 2.75) is 33.5 Å². The largest absolute Gasteiger partial charge is 0.467 e. The molecule has 8 nitrogen and oxygen atoms in total. The Bertz CT molecular complexity index is 1410. The van der Waals surface area contributed by atoms with Gasteiger partial charge < -0.3 is 14.6 Å². The van der Waals surface area contributed by atoms with Gasteiger partial charge in [0.05, 0.1) is 24.9 Å². The summed E-state index contributed by atoms with van der Waals surface area (Å²) in [4.78, 5) is 14.9. The smallest absolute Gasteiger partial charge is 0.318 e. The maximum absolute atomic E-state index is 13.2. The zero-order chi connectivity index (χ0) is 22.8. The van der Waals surface area contributed by atoms with Crippen molar-refractivity contribution in [2.75, 3.05) is 0 Å². The van der Waals surface area contributed by atoms with Crippen LogP contribution in [0.25, 0.3) is 16.6 Å².